The van der Waals surface area contributed by atoms with Crippen LogP contribution in [0.4, 0.5) is 5.69 Å². The van der Waals surface area contributed by atoms with Gasteiger partial charge in [0, 0.05) is 23.6 Å². The second-order valence-electron chi connectivity index (χ2n) is 7.67. The summed E-state index contributed by atoms with van der Waals surface area (Å²) in [5.74, 6) is -0.567. The molecule has 2 amide bonds. The maximum Gasteiger partial charge on any atom is 0.261 e. The minimum absolute atomic E-state index is 0.281. The average Bonchev–Trinajstić information content (AvgIpc) is 2.74. The van der Waals surface area contributed by atoms with Gasteiger partial charge in [-0.05, 0) is 62.3 Å². The Morgan fingerprint density at radius 1 is 0.793 bits per heavy atom. The summed E-state index contributed by atoms with van der Waals surface area (Å²) in [6.45, 7) is 9.72. The molecule has 4 nitrogen and oxygen atoms in total. The summed E-state index contributed by atoms with van der Waals surface area (Å²) in [7, 11) is 1.52. The molecule has 0 saturated heterocycles. The molecule has 0 unspecified atom stereocenters. The number of carbonyl (C=O) groups excluding carboxylic acids is 2. The largest absolute Gasteiger partial charge is 0.277 e. The van der Waals surface area contributed by atoms with Crippen molar-refractivity contribution < 1.29 is 9.59 Å². The third-order valence-corrected chi connectivity index (χ3v) is 6.23. The highest BCUT2D eigenvalue weighted by Gasteiger charge is 2.32. The molecule has 0 bridgehead atoms. The van der Waals surface area contributed by atoms with E-state index in [1.165, 1.54) is 11.9 Å². The van der Waals surface area contributed by atoms with Crippen LogP contribution in [0, 0.1) is 13.5 Å². The van der Waals surface area contributed by atoms with Crippen molar-refractivity contribution in [3.8, 4) is 0 Å². The number of imide groups is 1. The second-order valence-corrected chi connectivity index (χ2v) is 7.67. The van der Waals surface area contributed by atoms with Gasteiger partial charge in [-0.2, -0.15) is 0 Å². The van der Waals surface area contributed by atoms with Gasteiger partial charge in [0.2, 0.25) is 0 Å². The van der Waals surface area contributed by atoms with Gasteiger partial charge in [0.1, 0.15) is 0 Å². The molecule has 0 spiro atoms. The van der Waals surface area contributed by atoms with Crippen molar-refractivity contribution in [1.82, 2.24) is 4.90 Å². The van der Waals surface area contributed by atoms with E-state index in [-0.39, 0.29) is 11.8 Å². The van der Waals surface area contributed by atoms with Crippen molar-refractivity contribution in [1.29, 1.82) is 0 Å². The van der Waals surface area contributed by atoms with Crippen molar-refractivity contribution in [2.24, 2.45) is 0 Å². The summed E-state index contributed by atoms with van der Waals surface area (Å²) >= 11 is 0. The first-order chi connectivity index (χ1) is 14.0. The Balaban J connectivity index is 2.05. The third kappa shape index (κ3) is 1.73. The summed E-state index contributed by atoms with van der Waals surface area (Å²) in [6.07, 6.45) is 0. The summed E-state index contributed by atoms with van der Waals surface area (Å²) in [5.41, 5.74) is 2.67. The van der Waals surface area contributed by atoms with Gasteiger partial charge in [-0.15, -0.1) is 0 Å². The van der Waals surface area contributed by atoms with E-state index in [1.807, 2.05) is 37.3 Å². The summed E-state index contributed by atoms with van der Waals surface area (Å²) in [6, 6.07) is 15.6. The predicted octanol–water partition coefficient (Wildman–Crippen LogP) is 5.82. The van der Waals surface area contributed by atoms with Crippen molar-refractivity contribution in [2.45, 2.75) is 6.92 Å². The number of hydrogen-bond acceptors (Lipinski definition) is 2. The Kier molecular flexibility index (Phi) is 2.81. The van der Waals surface area contributed by atoms with Gasteiger partial charge in [-0.3, -0.25) is 14.5 Å². The first-order valence-electron chi connectivity index (χ1n) is 9.39. The number of amides is 2. The number of benzene rings is 5. The van der Waals surface area contributed by atoms with Crippen molar-refractivity contribution in [2.75, 3.05) is 7.05 Å². The fourth-order valence-corrected chi connectivity index (χ4v) is 5.00. The maximum atomic E-state index is 12.9. The predicted molar refractivity (Wildman–Crippen MR) is 115 cm³/mol. The molecule has 5 aromatic rings. The van der Waals surface area contributed by atoms with E-state index >= 15 is 0 Å². The third-order valence-electron chi connectivity index (χ3n) is 6.23. The van der Waals surface area contributed by atoms with Crippen molar-refractivity contribution in [3.63, 3.8) is 0 Å². The fourth-order valence-electron chi connectivity index (χ4n) is 5.00. The molecule has 0 fully saturated rings. The highest BCUT2D eigenvalue weighted by Crippen LogP contribution is 2.47. The first-order valence-corrected chi connectivity index (χ1v) is 9.39. The fraction of sp³-hybridized carbons (Fsp3) is 0.0800. The molecule has 29 heavy (non-hydrogen) atoms. The maximum absolute atomic E-state index is 12.9. The normalized spacial score (nSPS) is 13.9. The van der Waals surface area contributed by atoms with Crippen molar-refractivity contribution >= 4 is 60.6 Å². The topological polar surface area (TPSA) is 41.7 Å². The van der Waals surface area contributed by atoms with Gasteiger partial charge < -0.3 is 0 Å². The molecule has 5 aromatic carbocycles. The summed E-state index contributed by atoms with van der Waals surface area (Å²) < 4.78 is 0. The number of rotatable bonds is 0. The standard InChI is InChI=1S/C25H14N2O2/c1-12-11-17-21-16(24(28)27(3)25(17)29)9-8-15-22-18(26-2)10-7-13-5-4-6-14(20(13)22)19(12)23(15)21/h4-11H,1,3H3. The molecule has 0 aromatic heterocycles. The highest BCUT2D eigenvalue weighted by atomic mass is 16.2. The molecule has 0 N–H and O–H groups in total. The molecule has 1 aliphatic heterocycles. The molecule has 6 rings (SSSR count). The van der Waals surface area contributed by atoms with Crippen LogP contribution < -0.4 is 0 Å². The zero-order valence-electron chi connectivity index (χ0n) is 15.8. The molecule has 0 saturated carbocycles. The molecule has 1 heterocycles. The van der Waals surface area contributed by atoms with Gasteiger partial charge in [-0.25, -0.2) is 4.85 Å². The number of nitrogens with zero attached hydrogens (tertiary/aromatic N) is 2. The van der Waals surface area contributed by atoms with Crippen molar-refractivity contribution in [3.05, 3.63) is 76.6 Å². The Hall–Kier alpha value is -3.97. The SMILES string of the molecule is [C-]#[N+]c1ccc2cccc3c4c(C)cc5c6c(ccc(c1c23)c64)C(=O)N(C)C5=O. The molecule has 0 aliphatic carbocycles. The smallest absolute Gasteiger partial charge is 0.261 e. The van der Waals surface area contributed by atoms with E-state index in [1.54, 1.807) is 6.07 Å². The van der Waals surface area contributed by atoms with Gasteiger partial charge in [0.05, 0.1) is 6.57 Å². The Bertz CT molecular complexity index is 1620. The lowest BCUT2D eigenvalue weighted by atomic mass is 9.83. The number of aryl methyl sites for hydroxylation is 1. The van der Waals surface area contributed by atoms with Gasteiger partial charge in [0.25, 0.3) is 11.8 Å². The van der Waals surface area contributed by atoms with Crippen LogP contribution in [0.25, 0.3) is 47.9 Å². The molecular formula is C25H14N2O2. The first kappa shape index (κ1) is 16.0. The van der Waals surface area contributed by atoms with Crippen LogP contribution in [-0.4, -0.2) is 23.8 Å². The van der Waals surface area contributed by atoms with E-state index in [9.17, 15) is 9.59 Å². The van der Waals surface area contributed by atoms with Crippen LogP contribution in [0.1, 0.15) is 26.3 Å². The Morgan fingerprint density at radius 2 is 1.55 bits per heavy atom. The lowest BCUT2D eigenvalue weighted by Crippen LogP contribution is -2.37. The molecule has 136 valence electrons. The lowest BCUT2D eigenvalue weighted by Gasteiger charge is -2.27. The number of hydrogen-bond donors (Lipinski definition) is 0. The Morgan fingerprint density at radius 3 is 2.34 bits per heavy atom. The molecule has 0 radical (unpaired) electrons. The Labute approximate surface area is 166 Å². The minimum Gasteiger partial charge on any atom is -0.277 e. The van der Waals surface area contributed by atoms with Crippen LogP contribution in [-0.2, 0) is 0 Å². The second kappa shape index (κ2) is 5.09. The van der Waals surface area contributed by atoms with E-state index in [0.717, 1.165) is 43.3 Å². The zero-order valence-corrected chi connectivity index (χ0v) is 15.8. The van der Waals surface area contributed by atoms with Gasteiger partial charge in [-0.1, -0.05) is 36.4 Å². The molecule has 0 atom stereocenters. The van der Waals surface area contributed by atoms with Gasteiger partial charge in [0.15, 0.2) is 5.69 Å². The highest BCUT2D eigenvalue weighted by molar-refractivity contribution is 6.40. The van der Waals surface area contributed by atoms with E-state index in [0.29, 0.717) is 22.2 Å². The van der Waals surface area contributed by atoms with Crippen LogP contribution in [0.15, 0.2) is 48.5 Å². The number of carbonyl (C=O) groups is 2. The van der Waals surface area contributed by atoms with E-state index in [2.05, 4.69) is 17.0 Å². The van der Waals surface area contributed by atoms with Crippen LogP contribution in [0.3, 0.4) is 0 Å². The number of fused-ring (bicyclic) bond motifs is 2. The van der Waals surface area contributed by atoms with E-state index in [4.69, 9.17) is 6.57 Å². The average molecular weight is 374 g/mol. The minimum atomic E-state index is -0.286. The monoisotopic (exact) mass is 374 g/mol. The van der Waals surface area contributed by atoms with Gasteiger partial charge >= 0.3 is 0 Å². The molecular weight excluding hydrogens is 360 g/mol. The molecule has 4 heteroatoms. The lowest BCUT2D eigenvalue weighted by molar-refractivity contribution is 0.0650. The summed E-state index contributed by atoms with van der Waals surface area (Å²) in [5, 5.41) is 7.66. The quantitative estimate of drug-likeness (QED) is 0.148. The van der Waals surface area contributed by atoms with Crippen LogP contribution >= 0.6 is 0 Å². The van der Waals surface area contributed by atoms with Crippen LogP contribution in [0.2, 0.25) is 0 Å². The zero-order chi connectivity index (χ0) is 20.0. The van der Waals surface area contributed by atoms with Crippen LogP contribution in [0.5, 0.6) is 0 Å². The molecule has 1 aliphatic rings. The summed E-state index contributed by atoms with van der Waals surface area (Å²) in [4.78, 5) is 30.7. The van der Waals surface area contributed by atoms with E-state index < -0.39 is 0 Å².